The van der Waals surface area contributed by atoms with E-state index < -0.39 is 38.1 Å². The van der Waals surface area contributed by atoms with Crippen LogP contribution in [0, 0.1) is 11.8 Å². The molecule has 1 aliphatic carbocycles. The Kier molecular flexibility index (Phi) is 7.07. The van der Waals surface area contributed by atoms with Crippen molar-refractivity contribution in [2.24, 2.45) is 11.8 Å². The smallest absolute Gasteiger partial charge is 0.307 e. The van der Waals surface area contributed by atoms with Gasteiger partial charge >= 0.3 is 5.97 Å². The number of carboxylic acid groups (broad SMARTS) is 1. The third kappa shape index (κ3) is 4.97. The van der Waals surface area contributed by atoms with E-state index >= 15 is 0 Å². The lowest BCUT2D eigenvalue weighted by molar-refractivity contribution is -0.142. The fourth-order valence-electron chi connectivity index (χ4n) is 3.82. The monoisotopic (exact) mass is 389 g/mol. The van der Waals surface area contributed by atoms with Gasteiger partial charge in [-0.15, -0.1) is 0 Å². The number of amides is 1. The molecule has 1 amide bonds. The average molecular weight is 390 g/mol. The van der Waals surface area contributed by atoms with Crippen LogP contribution in [0.3, 0.4) is 0 Å². The van der Waals surface area contributed by atoms with Crippen LogP contribution in [0.2, 0.25) is 0 Å². The van der Waals surface area contributed by atoms with E-state index in [9.17, 15) is 23.1 Å². The standard InChI is InChI=1S/C18H31NO6S/c1-18(2,17(22)19-8-10-25-11-9-19)26(23,24)13-15(16(20)21)12-14-6-4-3-5-7-14/h14-15H,3-13H2,1-2H3,(H,20,21)/t15-/m1/s1. The lowest BCUT2D eigenvalue weighted by Crippen LogP contribution is -2.54. The van der Waals surface area contributed by atoms with Crippen molar-refractivity contribution in [3.8, 4) is 0 Å². The summed E-state index contributed by atoms with van der Waals surface area (Å²) in [6, 6.07) is 0. The van der Waals surface area contributed by atoms with Crippen molar-refractivity contribution in [3.05, 3.63) is 0 Å². The highest BCUT2D eigenvalue weighted by atomic mass is 32.2. The van der Waals surface area contributed by atoms with Crippen molar-refractivity contribution in [2.75, 3.05) is 32.1 Å². The van der Waals surface area contributed by atoms with Crippen molar-refractivity contribution < 1.29 is 27.9 Å². The minimum atomic E-state index is -3.92. The van der Waals surface area contributed by atoms with E-state index in [-0.39, 0.29) is 5.92 Å². The Bertz CT molecular complexity index is 603. The van der Waals surface area contributed by atoms with Gasteiger partial charge < -0.3 is 14.7 Å². The van der Waals surface area contributed by atoms with Crippen LogP contribution in [-0.2, 0) is 24.2 Å². The molecule has 0 bridgehead atoms. The normalized spacial score (nSPS) is 21.4. The van der Waals surface area contributed by atoms with Gasteiger partial charge in [0.1, 0.15) is 4.75 Å². The number of sulfone groups is 1. The molecule has 1 heterocycles. The van der Waals surface area contributed by atoms with Crippen LogP contribution in [0.1, 0.15) is 52.4 Å². The Morgan fingerprint density at radius 1 is 1.15 bits per heavy atom. The molecule has 8 heteroatoms. The molecule has 0 aromatic heterocycles. The number of aliphatic carboxylic acids is 1. The minimum absolute atomic E-state index is 0.262. The molecule has 1 atom stereocenters. The molecule has 2 aliphatic rings. The number of rotatable bonds is 7. The molecule has 1 saturated carbocycles. The van der Waals surface area contributed by atoms with Crippen LogP contribution < -0.4 is 0 Å². The molecule has 1 N–H and O–H groups in total. The van der Waals surface area contributed by atoms with E-state index in [1.807, 2.05) is 0 Å². The van der Waals surface area contributed by atoms with Crippen LogP contribution in [0.25, 0.3) is 0 Å². The van der Waals surface area contributed by atoms with Gasteiger partial charge in [0.2, 0.25) is 5.91 Å². The molecule has 150 valence electrons. The van der Waals surface area contributed by atoms with Gasteiger partial charge in [0.25, 0.3) is 0 Å². The summed E-state index contributed by atoms with van der Waals surface area (Å²) in [5, 5.41) is 9.54. The van der Waals surface area contributed by atoms with Gasteiger partial charge in [-0.2, -0.15) is 0 Å². The van der Waals surface area contributed by atoms with E-state index in [2.05, 4.69) is 0 Å². The summed E-state index contributed by atoms with van der Waals surface area (Å²) in [5.74, 6) is -2.74. The molecule has 1 saturated heterocycles. The molecule has 0 unspecified atom stereocenters. The predicted molar refractivity (Wildman–Crippen MR) is 97.6 cm³/mol. The summed E-state index contributed by atoms with van der Waals surface area (Å²) < 4.78 is 29.5. The molecule has 2 rings (SSSR count). The van der Waals surface area contributed by atoms with Gasteiger partial charge in [0, 0.05) is 13.1 Å². The highest BCUT2D eigenvalue weighted by Gasteiger charge is 2.46. The van der Waals surface area contributed by atoms with Crippen molar-refractivity contribution in [1.82, 2.24) is 4.90 Å². The maximum absolute atomic E-state index is 13.0. The fourth-order valence-corrected chi connectivity index (χ4v) is 5.44. The van der Waals surface area contributed by atoms with Crippen molar-refractivity contribution in [1.29, 1.82) is 0 Å². The summed E-state index contributed by atoms with van der Waals surface area (Å²) in [7, 11) is -3.92. The quantitative estimate of drug-likeness (QED) is 0.711. The first-order valence-corrected chi connectivity index (χ1v) is 11.1. The number of nitrogens with zero attached hydrogens (tertiary/aromatic N) is 1. The number of carboxylic acids is 1. The van der Waals surface area contributed by atoms with Gasteiger partial charge in [0.05, 0.1) is 24.9 Å². The number of ether oxygens (including phenoxy) is 1. The summed E-state index contributed by atoms with van der Waals surface area (Å²) in [5.41, 5.74) is 0. The van der Waals surface area contributed by atoms with Crippen LogP contribution in [0.4, 0.5) is 0 Å². The van der Waals surface area contributed by atoms with E-state index in [1.54, 1.807) is 0 Å². The molecule has 1 aliphatic heterocycles. The fraction of sp³-hybridized carbons (Fsp3) is 0.889. The summed E-state index contributed by atoms with van der Waals surface area (Å²) in [6.45, 7) is 4.28. The lowest BCUT2D eigenvalue weighted by Gasteiger charge is -2.34. The Hall–Kier alpha value is -1.15. The molecule has 26 heavy (non-hydrogen) atoms. The Morgan fingerprint density at radius 2 is 1.73 bits per heavy atom. The van der Waals surface area contributed by atoms with Crippen molar-refractivity contribution >= 4 is 21.7 Å². The Morgan fingerprint density at radius 3 is 2.27 bits per heavy atom. The largest absolute Gasteiger partial charge is 0.481 e. The van der Waals surface area contributed by atoms with E-state index in [0.717, 1.165) is 32.1 Å². The molecular weight excluding hydrogens is 358 g/mol. The molecule has 0 radical (unpaired) electrons. The SMILES string of the molecule is CC(C)(C(=O)N1CCOCC1)S(=O)(=O)C[C@@H](CC1CCCCC1)C(=O)O. The topological polar surface area (TPSA) is 101 Å². The maximum atomic E-state index is 13.0. The number of carbonyl (C=O) groups is 2. The van der Waals surface area contributed by atoms with Gasteiger partial charge in [-0.05, 0) is 26.2 Å². The number of hydrogen-bond acceptors (Lipinski definition) is 5. The minimum Gasteiger partial charge on any atom is -0.481 e. The Balaban J connectivity index is 2.09. The first-order valence-electron chi connectivity index (χ1n) is 9.47. The van der Waals surface area contributed by atoms with E-state index in [1.165, 1.54) is 18.7 Å². The molecule has 0 aromatic carbocycles. The molecule has 2 fully saturated rings. The van der Waals surface area contributed by atoms with Crippen LogP contribution in [0.15, 0.2) is 0 Å². The first-order chi connectivity index (χ1) is 12.1. The van der Waals surface area contributed by atoms with Crippen molar-refractivity contribution in [3.63, 3.8) is 0 Å². The van der Waals surface area contributed by atoms with Gasteiger partial charge in [-0.25, -0.2) is 8.42 Å². The zero-order valence-electron chi connectivity index (χ0n) is 15.8. The van der Waals surface area contributed by atoms with Gasteiger partial charge in [-0.3, -0.25) is 9.59 Å². The summed E-state index contributed by atoms with van der Waals surface area (Å²) >= 11 is 0. The number of carbonyl (C=O) groups excluding carboxylic acids is 1. The summed E-state index contributed by atoms with van der Waals surface area (Å²) in [6.07, 6.45) is 5.60. The van der Waals surface area contributed by atoms with E-state index in [0.29, 0.717) is 32.7 Å². The zero-order chi connectivity index (χ0) is 19.4. The predicted octanol–water partition coefficient (Wildman–Crippen LogP) is 1.71. The Labute approximate surface area is 156 Å². The highest BCUT2D eigenvalue weighted by molar-refractivity contribution is 7.93. The molecule has 0 spiro atoms. The molecule has 0 aromatic rings. The lowest BCUT2D eigenvalue weighted by atomic mass is 9.83. The highest BCUT2D eigenvalue weighted by Crippen LogP contribution is 2.31. The maximum Gasteiger partial charge on any atom is 0.307 e. The van der Waals surface area contributed by atoms with E-state index in [4.69, 9.17) is 4.74 Å². The third-order valence-corrected chi connectivity index (χ3v) is 8.27. The molecular formula is C18H31NO6S. The van der Waals surface area contributed by atoms with Crippen LogP contribution in [-0.4, -0.2) is 67.1 Å². The van der Waals surface area contributed by atoms with Crippen LogP contribution >= 0.6 is 0 Å². The number of hydrogen-bond donors (Lipinski definition) is 1. The number of morpholine rings is 1. The zero-order valence-corrected chi connectivity index (χ0v) is 16.6. The molecule has 7 nitrogen and oxygen atoms in total. The third-order valence-electron chi connectivity index (χ3n) is 5.70. The average Bonchev–Trinajstić information content (AvgIpc) is 2.61. The van der Waals surface area contributed by atoms with Crippen LogP contribution in [0.5, 0.6) is 0 Å². The van der Waals surface area contributed by atoms with Gasteiger partial charge in [0.15, 0.2) is 9.84 Å². The second-order valence-electron chi connectivity index (χ2n) is 7.97. The van der Waals surface area contributed by atoms with Crippen molar-refractivity contribution in [2.45, 2.75) is 57.1 Å². The summed E-state index contributed by atoms with van der Waals surface area (Å²) in [4.78, 5) is 25.9. The second kappa shape index (κ2) is 8.69. The van der Waals surface area contributed by atoms with Gasteiger partial charge in [-0.1, -0.05) is 32.1 Å². The second-order valence-corrected chi connectivity index (χ2v) is 10.6. The first kappa shape index (κ1) is 21.2.